The minimum Gasteiger partial charge on any atom is -0.478 e. The van der Waals surface area contributed by atoms with Gasteiger partial charge in [-0.3, -0.25) is 0 Å². The Balaban J connectivity index is 2.10. The molecule has 0 aliphatic carbocycles. The van der Waals surface area contributed by atoms with Gasteiger partial charge in [-0.1, -0.05) is 19.9 Å². The quantitative estimate of drug-likeness (QED) is 0.738. The fraction of sp³-hybridized carbons (Fsp3) is 0.267. The van der Waals surface area contributed by atoms with E-state index in [1.165, 1.54) is 10.9 Å². The number of nitrogens with one attached hydrogen (secondary N) is 1. The van der Waals surface area contributed by atoms with Crippen molar-refractivity contribution in [3.05, 3.63) is 46.2 Å². The van der Waals surface area contributed by atoms with Crippen LogP contribution < -0.4 is 11.1 Å². The van der Waals surface area contributed by atoms with Crippen LogP contribution in [-0.2, 0) is 5.41 Å². The van der Waals surface area contributed by atoms with Gasteiger partial charge in [-0.05, 0) is 29.6 Å². The zero-order valence-electron chi connectivity index (χ0n) is 11.5. The first-order valence-electron chi connectivity index (χ1n) is 6.31. The first-order chi connectivity index (χ1) is 9.40. The number of aromatic carboxylic acids is 1. The number of hydrogen-bond donors (Lipinski definition) is 3. The average Bonchev–Trinajstić information content (AvgIpc) is 2.91. The van der Waals surface area contributed by atoms with Gasteiger partial charge < -0.3 is 16.2 Å². The summed E-state index contributed by atoms with van der Waals surface area (Å²) in [5.41, 5.74) is 7.29. The predicted molar refractivity (Wildman–Crippen MR) is 83.6 cm³/mol. The Kier molecular flexibility index (Phi) is 3.99. The molecule has 0 unspecified atom stereocenters. The van der Waals surface area contributed by atoms with E-state index in [9.17, 15) is 4.79 Å². The number of hydrogen-bond acceptors (Lipinski definition) is 4. The molecule has 20 heavy (non-hydrogen) atoms. The number of rotatable bonds is 5. The maximum atomic E-state index is 10.9. The molecule has 0 aliphatic heterocycles. The van der Waals surface area contributed by atoms with E-state index in [-0.39, 0.29) is 11.0 Å². The van der Waals surface area contributed by atoms with Crippen LogP contribution in [0.25, 0.3) is 0 Å². The van der Waals surface area contributed by atoms with E-state index in [1.807, 2.05) is 6.07 Å². The van der Waals surface area contributed by atoms with Gasteiger partial charge in [-0.15, -0.1) is 11.3 Å². The minimum absolute atomic E-state index is 0.00786. The van der Waals surface area contributed by atoms with Gasteiger partial charge in [0, 0.05) is 16.8 Å². The lowest BCUT2D eigenvalue weighted by molar-refractivity contribution is 0.0697. The highest BCUT2D eigenvalue weighted by atomic mass is 32.1. The maximum absolute atomic E-state index is 10.9. The predicted octanol–water partition coefficient (Wildman–Crippen LogP) is 3.42. The first-order valence-corrected chi connectivity index (χ1v) is 7.19. The molecule has 0 radical (unpaired) electrons. The third kappa shape index (κ3) is 3.11. The third-order valence-corrected chi connectivity index (χ3v) is 4.44. The number of carbonyl (C=O) groups is 1. The number of nitrogen functional groups attached to an aromatic ring is 1. The molecule has 0 spiro atoms. The van der Waals surface area contributed by atoms with Crippen LogP contribution in [0.4, 0.5) is 11.4 Å². The van der Waals surface area contributed by atoms with Crippen LogP contribution in [-0.4, -0.2) is 17.6 Å². The summed E-state index contributed by atoms with van der Waals surface area (Å²) in [5.74, 6) is -0.970. The lowest BCUT2D eigenvalue weighted by Crippen LogP contribution is -2.26. The Morgan fingerprint density at radius 2 is 2.15 bits per heavy atom. The van der Waals surface area contributed by atoms with Gasteiger partial charge >= 0.3 is 5.97 Å². The number of benzene rings is 1. The van der Waals surface area contributed by atoms with Crippen molar-refractivity contribution in [3.8, 4) is 0 Å². The van der Waals surface area contributed by atoms with Crippen LogP contribution in [0.5, 0.6) is 0 Å². The fourth-order valence-electron chi connectivity index (χ4n) is 1.92. The molecule has 4 N–H and O–H groups in total. The molecule has 0 atom stereocenters. The maximum Gasteiger partial charge on any atom is 0.335 e. The molecule has 0 aliphatic rings. The number of carboxylic acid groups (broad SMARTS) is 1. The molecule has 5 heteroatoms. The van der Waals surface area contributed by atoms with Crippen LogP contribution in [0, 0.1) is 0 Å². The summed E-state index contributed by atoms with van der Waals surface area (Å²) in [6.07, 6.45) is 0. The van der Waals surface area contributed by atoms with E-state index in [2.05, 4.69) is 30.6 Å². The van der Waals surface area contributed by atoms with Crippen molar-refractivity contribution in [2.24, 2.45) is 0 Å². The number of carboxylic acids is 1. The fourth-order valence-corrected chi connectivity index (χ4v) is 2.78. The highest BCUT2D eigenvalue weighted by Gasteiger charge is 2.21. The summed E-state index contributed by atoms with van der Waals surface area (Å²) in [7, 11) is 0. The summed E-state index contributed by atoms with van der Waals surface area (Å²) in [6, 6.07) is 8.90. The molecule has 2 aromatic rings. The van der Waals surface area contributed by atoms with Gasteiger partial charge in [0.05, 0.1) is 16.9 Å². The molecular weight excluding hydrogens is 272 g/mol. The van der Waals surface area contributed by atoms with Crippen molar-refractivity contribution in [2.75, 3.05) is 17.6 Å². The Morgan fingerprint density at radius 3 is 2.70 bits per heavy atom. The Labute approximate surface area is 122 Å². The standard InChI is InChI=1S/C15H18N2O2S/c1-15(2,13-4-3-7-20-13)9-17-12-6-5-10(14(18)19)8-11(12)16/h3-8,17H,9,16H2,1-2H3,(H,18,19). The van der Waals surface area contributed by atoms with E-state index in [4.69, 9.17) is 10.8 Å². The zero-order chi connectivity index (χ0) is 14.8. The molecule has 2 rings (SSSR count). The average molecular weight is 290 g/mol. The monoisotopic (exact) mass is 290 g/mol. The van der Waals surface area contributed by atoms with E-state index in [1.54, 1.807) is 23.5 Å². The molecule has 1 heterocycles. The summed E-state index contributed by atoms with van der Waals surface area (Å²) in [4.78, 5) is 12.2. The Morgan fingerprint density at radius 1 is 1.40 bits per heavy atom. The van der Waals surface area contributed by atoms with E-state index >= 15 is 0 Å². The van der Waals surface area contributed by atoms with Gasteiger partial charge in [0.15, 0.2) is 0 Å². The summed E-state index contributed by atoms with van der Waals surface area (Å²) in [5, 5.41) is 14.3. The van der Waals surface area contributed by atoms with Gasteiger partial charge in [0.1, 0.15) is 0 Å². The molecule has 0 saturated heterocycles. The lowest BCUT2D eigenvalue weighted by Gasteiger charge is -2.24. The van der Waals surface area contributed by atoms with Gasteiger partial charge in [0.25, 0.3) is 0 Å². The molecule has 0 amide bonds. The van der Waals surface area contributed by atoms with Gasteiger partial charge in [0.2, 0.25) is 0 Å². The third-order valence-electron chi connectivity index (χ3n) is 3.21. The second kappa shape index (κ2) is 5.54. The van der Waals surface area contributed by atoms with E-state index in [0.29, 0.717) is 5.69 Å². The highest BCUT2D eigenvalue weighted by molar-refractivity contribution is 7.10. The summed E-state index contributed by atoms with van der Waals surface area (Å²) >= 11 is 1.73. The van der Waals surface area contributed by atoms with Crippen molar-refractivity contribution in [1.29, 1.82) is 0 Å². The second-order valence-electron chi connectivity index (χ2n) is 5.32. The molecule has 106 valence electrons. The van der Waals surface area contributed by atoms with Gasteiger partial charge in [-0.25, -0.2) is 4.79 Å². The number of thiophene rings is 1. The normalized spacial score (nSPS) is 11.3. The largest absolute Gasteiger partial charge is 0.478 e. The topological polar surface area (TPSA) is 75.3 Å². The molecule has 1 aromatic carbocycles. The van der Waals surface area contributed by atoms with E-state index in [0.717, 1.165) is 12.2 Å². The van der Waals surface area contributed by atoms with Crippen molar-refractivity contribution in [2.45, 2.75) is 19.3 Å². The Hall–Kier alpha value is -2.01. The van der Waals surface area contributed by atoms with Crippen LogP contribution in [0.1, 0.15) is 29.1 Å². The minimum atomic E-state index is -0.970. The van der Waals surface area contributed by atoms with Crippen LogP contribution in [0.3, 0.4) is 0 Å². The molecule has 0 bridgehead atoms. The highest BCUT2D eigenvalue weighted by Crippen LogP contribution is 2.29. The SMILES string of the molecule is CC(C)(CNc1ccc(C(=O)O)cc1N)c1cccs1. The van der Waals surface area contributed by atoms with Crippen LogP contribution >= 0.6 is 11.3 Å². The summed E-state index contributed by atoms with van der Waals surface area (Å²) < 4.78 is 0. The van der Waals surface area contributed by atoms with Crippen molar-refractivity contribution in [3.63, 3.8) is 0 Å². The van der Waals surface area contributed by atoms with Gasteiger partial charge in [-0.2, -0.15) is 0 Å². The van der Waals surface area contributed by atoms with Crippen LogP contribution in [0.15, 0.2) is 35.7 Å². The smallest absolute Gasteiger partial charge is 0.335 e. The van der Waals surface area contributed by atoms with Crippen molar-refractivity contribution in [1.82, 2.24) is 0 Å². The first kappa shape index (κ1) is 14.4. The Bertz CT molecular complexity index is 606. The molecule has 1 aromatic heterocycles. The van der Waals surface area contributed by atoms with E-state index < -0.39 is 5.97 Å². The second-order valence-corrected chi connectivity index (χ2v) is 6.27. The number of anilines is 2. The summed E-state index contributed by atoms with van der Waals surface area (Å²) in [6.45, 7) is 5.05. The lowest BCUT2D eigenvalue weighted by atomic mass is 9.91. The molecule has 4 nitrogen and oxygen atoms in total. The molecular formula is C15H18N2O2S. The molecule has 0 fully saturated rings. The number of nitrogens with two attached hydrogens (primary N) is 1. The van der Waals surface area contributed by atoms with Crippen LogP contribution in [0.2, 0.25) is 0 Å². The van der Waals surface area contributed by atoms with Crippen molar-refractivity contribution >= 4 is 28.7 Å². The zero-order valence-corrected chi connectivity index (χ0v) is 12.3. The molecule has 0 saturated carbocycles. The van der Waals surface area contributed by atoms with Crippen molar-refractivity contribution < 1.29 is 9.90 Å².